The number of aromatic nitrogens is 2. The van der Waals surface area contributed by atoms with Gasteiger partial charge in [0.2, 0.25) is 0 Å². The van der Waals surface area contributed by atoms with Crippen molar-refractivity contribution in [2.24, 2.45) is 0 Å². The van der Waals surface area contributed by atoms with Crippen molar-refractivity contribution in [3.05, 3.63) is 41.0 Å². The Kier molecular flexibility index (Phi) is 3.38. The maximum atomic E-state index is 4.43. The van der Waals surface area contributed by atoms with E-state index in [1.807, 2.05) is 36.6 Å². The van der Waals surface area contributed by atoms with Gasteiger partial charge in [-0.25, -0.2) is 9.97 Å². The number of benzene rings is 1. The molecule has 0 aliphatic rings. The molecule has 0 aliphatic carbocycles. The Hall–Kier alpha value is -0.870. The Morgan fingerprint density at radius 1 is 1.27 bits per heavy atom. The second kappa shape index (κ2) is 4.77. The summed E-state index contributed by atoms with van der Waals surface area (Å²) in [5, 5.41) is 0.799. The van der Waals surface area contributed by atoms with Gasteiger partial charge in [-0.3, -0.25) is 0 Å². The van der Waals surface area contributed by atoms with Gasteiger partial charge >= 0.3 is 0 Å². The summed E-state index contributed by atoms with van der Waals surface area (Å²) in [6, 6.07) is 10.0. The first kappa shape index (κ1) is 10.6. The van der Waals surface area contributed by atoms with Crippen molar-refractivity contribution in [1.82, 2.24) is 9.97 Å². The first-order valence-electron chi connectivity index (χ1n) is 4.42. The number of nitrogens with zero attached hydrogens (tertiary/aromatic N) is 2. The van der Waals surface area contributed by atoms with Crippen molar-refractivity contribution in [3.63, 3.8) is 0 Å². The highest BCUT2D eigenvalue weighted by atomic mass is 79.9. The van der Waals surface area contributed by atoms with Gasteiger partial charge < -0.3 is 0 Å². The van der Waals surface area contributed by atoms with E-state index < -0.39 is 0 Å². The molecular weight excluding hydrogens is 272 g/mol. The van der Waals surface area contributed by atoms with Gasteiger partial charge in [0.15, 0.2) is 5.16 Å². The van der Waals surface area contributed by atoms with Crippen molar-refractivity contribution in [3.8, 4) is 11.3 Å². The summed E-state index contributed by atoms with van der Waals surface area (Å²) in [7, 11) is 0. The van der Waals surface area contributed by atoms with E-state index in [0.29, 0.717) is 0 Å². The first-order chi connectivity index (χ1) is 7.29. The molecule has 0 N–H and O–H groups in total. The summed E-state index contributed by atoms with van der Waals surface area (Å²) in [5.74, 6) is 0. The fraction of sp³-hybridized carbons (Fsp3) is 0.0909. The third-order valence-electron chi connectivity index (χ3n) is 1.94. The fourth-order valence-corrected chi connectivity index (χ4v) is 2.00. The van der Waals surface area contributed by atoms with Crippen molar-refractivity contribution in [2.75, 3.05) is 6.26 Å². The minimum atomic E-state index is 0.799. The van der Waals surface area contributed by atoms with E-state index in [0.717, 1.165) is 20.9 Å². The lowest BCUT2D eigenvalue weighted by atomic mass is 10.1. The van der Waals surface area contributed by atoms with Gasteiger partial charge in [-0.05, 0) is 24.5 Å². The summed E-state index contributed by atoms with van der Waals surface area (Å²) in [5.41, 5.74) is 2.05. The highest BCUT2D eigenvalue weighted by molar-refractivity contribution is 9.10. The highest BCUT2D eigenvalue weighted by Gasteiger charge is 2.01. The lowest BCUT2D eigenvalue weighted by Gasteiger charge is -2.02. The third kappa shape index (κ3) is 2.58. The van der Waals surface area contributed by atoms with Gasteiger partial charge in [0, 0.05) is 16.2 Å². The van der Waals surface area contributed by atoms with Gasteiger partial charge in [0.05, 0.1) is 5.69 Å². The number of thioether (sulfide) groups is 1. The van der Waals surface area contributed by atoms with Crippen LogP contribution in [0.5, 0.6) is 0 Å². The smallest absolute Gasteiger partial charge is 0.187 e. The highest BCUT2D eigenvalue weighted by Crippen LogP contribution is 2.22. The molecule has 2 rings (SSSR count). The molecule has 15 heavy (non-hydrogen) atoms. The number of rotatable bonds is 2. The lowest BCUT2D eigenvalue weighted by molar-refractivity contribution is 0.976. The van der Waals surface area contributed by atoms with Crippen molar-refractivity contribution >= 4 is 27.7 Å². The Morgan fingerprint density at radius 3 is 2.87 bits per heavy atom. The average molecular weight is 281 g/mol. The largest absolute Gasteiger partial charge is 0.231 e. The summed E-state index contributed by atoms with van der Waals surface area (Å²) < 4.78 is 1.06. The van der Waals surface area contributed by atoms with Crippen LogP contribution in [0.2, 0.25) is 0 Å². The molecule has 2 aromatic rings. The van der Waals surface area contributed by atoms with Crippen LogP contribution in [0.15, 0.2) is 46.2 Å². The molecule has 0 radical (unpaired) electrons. The standard InChI is InChI=1S/C11H9BrN2S/c1-15-11-13-6-5-10(14-11)8-3-2-4-9(12)7-8/h2-7H,1H3. The van der Waals surface area contributed by atoms with Gasteiger partial charge in [-0.15, -0.1) is 0 Å². The van der Waals surface area contributed by atoms with Crippen molar-refractivity contribution < 1.29 is 0 Å². The topological polar surface area (TPSA) is 25.8 Å². The Labute approximate surface area is 101 Å². The SMILES string of the molecule is CSc1nccc(-c2cccc(Br)c2)n1. The Balaban J connectivity index is 2.44. The summed E-state index contributed by atoms with van der Waals surface area (Å²) in [4.78, 5) is 8.58. The van der Waals surface area contributed by atoms with Crippen LogP contribution in [0.4, 0.5) is 0 Å². The number of hydrogen-bond acceptors (Lipinski definition) is 3. The molecule has 1 aromatic carbocycles. The molecule has 0 aliphatic heterocycles. The lowest BCUT2D eigenvalue weighted by Crippen LogP contribution is -1.88. The van der Waals surface area contributed by atoms with E-state index in [4.69, 9.17) is 0 Å². The third-order valence-corrected chi connectivity index (χ3v) is 2.99. The van der Waals surface area contributed by atoms with Crippen LogP contribution in [-0.2, 0) is 0 Å². The van der Waals surface area contributed by atoms with Crippen LogP contribution in [0, 0.1) is 0 Å². The Bertz CT molecular complexity index is 474. The van der Waals surface area contributed by atoms with Crippen LogP contribution in [0.3, 0.4) is 0 Å². The average Bonchev–Trinajstić information content (AvgIpc) is 2.29. The molecule has 0 saturated carbocycles. The summed E-state index contributed by atoms with van der Waals surface area (Å²) in [6.45, 7) is 0. The van der Waals surface area contributed by atoms with Gasteiger partial charge in [0.1, 0.15) is 0 Å². The summed E-state index contributed by atoms with van der Waals surface area (Å²) >= 11 is 4.99. The van der Waals surface area contributed by atoms with E-state index in [2.05, 4.69) is 25.9 Å². The van der Waals surface area contributed by atoms with Crippen LogP contribution in [0.1, 0.15) is 0 Å². The first-order valence-corrected chi connectivity index (χ1v) is 6.44. The normalized spacial score (nSPS) is 10.3. The van der Waals surface area contributed by atoms with Crippen LogP contribution in [0.25, 0.3) is 11.3 Å². The molecule has 0 saturated heterocycles. The number of halogens is 1. The van der Waals surface area contributed by atoms with E-state index in [1.54, 1.807) is 18.0 Å². The minimum Gasteiger partial charge on any atom is -0.231 e. The quantitative estimate of drug-likeness (QED) is 0.621. The number of hydrogen-bond donors (Lipinski definition) is 0. The van der Waals surface area contributed by atoms with Crippen LogP contribution in [-0.4, -0.2) is 16.2 Å². The molecular formula is C11H9BrN2S. The molecule has 0 amide bonds. The Morgan fingerprint density at radius 2 is 2.13 bits per heavy atom. The maximum absolute atomic E-state index is 4.43. The molecule has 76 valence electrons. The van der Waals surface area contributed by atoms with Crippen molar-refractivity contribution in [1.29, 1.82) is 0 Å². The molecule has 0 atom stereocenters. The molecule has 2 nitrogen and oxygen atoms in total. The van der Waals surface area contributed by atoms with E-state index >= 15 is 0 Å². The molecule has 1 heterocycles. The zero-order chi connectivity index (χ0) is 10.7. The van der Waals surface area contributed by atoms with Gasteiger partial charge in [-0.2, -0.15) is 0 Å². The molecule has 0 bridgehead atoms. The predicted octanol–water partition coefficient (Wildman–Crippen LogP) is 3.63. The van der Waals surface area contributed by atoms with Crippen LogP contribution < -0.4 is 0 Å². The van der Waals surface area contributed by atoms with E-state index in [-0.39, 0.29) is 0 Å². The predicted molar refractivity (Wildman–Crippen MR) is 66.9 cm³/mol. The molecule has 0 fully saturated rings. The maximum Gasteiger partial charge on any atom is 0.187 e. The monoisotopic (exact) mass is 280 g/mol. The minimum absolute atomic E-state index is 0.799. The molecule has 0 unspecified atom stereocenters. The summed E-state index contributed by atoms with van der Waals surface area (Å²) in [6.07, 6.45) is 3.76. The van der Waals surface area contributed by atoms with Gasteiger partial charge in [-0.1, -0.05) is 39.8 Å². The zero-order valence-corrected chi connectivity index (χ0v) is 10.5. The van der Waals surface area contributed by atoms with Crippen LogP contribution >= 0.6 is 27.7 Å². The second-order valence-corrected chi connectivity index (χ2v) is 4.63. The van der Waals surface area contributed by atoms with E-state index in [9.17, 15) is 0 Å². The molecule has 4 heteroatoms. The zero-order valence-electron chi connectivity index (χ0n) is 8.14. The van der Waals surface area contributed by atoms with Crippen molar-refractivity contribution in [2.45, 2.75) is 5.16 Å². The molecule has 0 spiro atoms. The van der Waals surface area contributed by atoms with E-state index in [1.165, 1.54) is 0 Å². The molecule has 1 aromatic heterocycles. The second-order valence-electron chi connectivity index (χ2n) is 2.94. The fourth-order valence-electron chi connectivity index (χ4n) is 1.25. The van der Waals surface area contributed by atoms with Gasteiger partial charge in [0.25, 0.3) is 0 Å².